The lowest BCUT2D eigenvalue weighted by molar-refractivity contribution is 0.372. The molecule has 1 aromatic carbocycles. The fourth-order valence-electron chi connectivity index (χ4n) is 2.81. The first-order chi connectivity index (χ1) is 12.2. The van der Waals surface area contributed by atoms with Crippen molar-refractivity contribution in [3.8, 4) is 0 Å². The van der Waals surface area contributed by atoms with Crippen LogP contribution in [0.4, 0.5) is 0 Å². The Bertz CT molecular complexity index is 647. The smallest absolute Gasteiger partial charge is 0.192 e. The van der Waals surface area contributed by atoms with Gasteiger partial charge >= 0.3 is 0 Å². The summed E-state index contributed by atoms with van der Waals surface area (Å²) in [5, 5.41) is 10.9. The van der Waals surface area contributed by atoms with E-state index in [0.717, 1.165) is 36.8 Å². The predicted molar refractivity (Wildman–Crippen MR) is 103 cm³/mol. The van der Waals surface area contributed by atoms with Crippen LogP contribution in [-0.4, -0.2) is 17.7 Å². The lowest BCUT2D eigenvalue weighted by Gasteiger charge is -2.18. The monoisotopic (exact) mass is 342 g/mol. The van der Waals surface area contributed by atoms with Crippen molar-refractivity contribution in [2.45, 2.75) is 59.0 Å². The molecule has 0 radical (unpaired) electrons. The summed E-state index contributed by atoms with van der Waals surface area (Å²) in [5.74, 6) is 2.04. The first kappa shape index (κ1) is 19.0. The summed E-state index contributed by atoms with van der Waals surface area (Å²) in [6.07, 6.45) is 2.15. The summed E-state index contributed by atoms with van der Waals surface area (Å²) in [6.45, 7) is 9.83. The molecule has 1 heterocycles. The van der Waals surface area contributed by atoms with Crippen LogP contribution in [0.5, 0.6) is 0 Å². The van der Waals surface area contributed by atoms with E-state index in [9.17, 15) is 0 Å². The van der Waals surface area contributed by atoms with Crippen molar-refractivity contribution < 1.29 is 4.52 Å². The molecule has 5 heteroatoms. The third-order valence-corrected chi connectivity index (χ3v) is 4.37. The summed E-state index contributed by atoms with van der Waals surface area (Å²) in [5.41, 5.74) is 2.26. The average Bonchev–Trinajstić information content (AvgIpc) is 3.10. The molecule has 2 rings (SSSR count). The van der Waals surface area contributed by atoms with Crippen LogP contribution in [0.3, 0.4) is 0 Å². The molecule has 25 heavy (non-hydrogen) atoms. The van der Waals surface area contributed by atoms with E-state index in [1.807, 2.05) is 24.3 Å². The molecule has 0 saturated carbocycles. The minimum Gasteiger partial charge on any atom is -0.359 e. The topological polar surface area (TPSA) is 62.5 Å². The Hall–Kier alpha value is -2.30. The average molecular weight is 342 g/mol. The maximum atomic E-state index is 5.45. The van der Waals surface area contributed by atoms with Gasteiger partial charge in [-0.15, -0.1) is 0 Å². The minimum atomic E-state index is 0.175. The molecule has 2 N–H and O–H groups in total. The van der Waals surface area contributed by atoms with Crippen LogP contribution in [0.25, 0.3) is 0 Å². The van der Waals surface area contributed by atoms with Gasteiger partial charge < -0.3 is 15.2 Å². The molecular weight excluding hydrogens is 312 g/mol. The van der Waals surface area contributed by atoms with Crippen LogP contribution in [0.2, 0.25) is 0 Å². The summed E-state index contributed by atoms with van der Waals surface area (Å²) >= 11 is 0. The summed E-state index contributed by atoms with van der Waals surface area (Å²) in [7, 11) is 0. The van der Waals surface area contributed by atoms with Gasteiger partial charge in [0, 0.05) is 18.5 Å². The molecule has 0 aliphatic rings. The second kappa shape index (κ2) is 9.87. The van der Waals surface area contributed by atoms with E-state index in [0.29, 0.717) is 12.5 Å². The minimum absolute atomic E-state index is 0.175. The zero-order chi connectivity index (χ0) is 18.1. The lowest BCUT2D eigenvalue weighted by atomic mass is 9.99. The molecule has 0 spiro atoms. The Morgan fingerprint density at radius 3 is 2.52 bits per heavy atom. The number of benzene rings is 1. The van der Waals surface area contributed by atoms with E-state index in [4.69, 9.17) is 4.52 Å². The Balaban J connectivity index is 2.02. The van der Waals surface area contributed by atoms with Crippen LogP contribution in [0.1, 0.15) is 69.5 Å². The molecule has 1 unspecified atom stereocenters. The van der Waals surface area contributed by atoms with Gasteiger partial charge in [-0.05, 0) is 32.3 Å². The first-order valence-corrected chi connectivity index (χ1v) is 9.23. The van der Waals surface area contributed by atoms with Crippen LogP contribution in [-0.2, 0) is 6.54 Å². The van der Waals surface area contributed by atoms with Crippen molar-refractivity contribution in [2.24, 2.45) is 4.99 Å². The van der Waals surface area contributed by atoms with E-state index in [1.165, 1.54) is 5.56 Å². The van der Waals surface area contributed by atoms with Crippen LogP contribution >= 0.6 is 0 Å². The normalized spacial score (nSPS) is 13.1. The molecule has 0 aliphatic carbocycles. The highest BCUT2D eigenvalue weighted by Gasteiger charge is 2.13. The van der Waals surface area contributed by atoms with Crippen molar-refractivity contribution >= 4 is 5.96 Å². The highest BCUT2D eigenvalue weighted by Crippen LogP contribution is 2.22. The Morgan fingerprint density at radius 2 is 1.88 bits per heavy atom. The third kappa shape index (κ3) is 5.62. The molecule has 0 saturated heterocycles. The van der Waals surface area contributed by atoms with E-state index in [-0.39, 0.29) is 6.04 Å². The van der Waals surface area contributed by atoms with Gasteiger partial charge in [0.15, 0.2) is 11.7 Å². The SMILES string of the molecule is CCNC(=NCc1cc(C(CC)CC)no1)NC(C)c1ccccc1. The Kier molecular flexibility index (Phi) is 7.51. The summed E-state index contributed by atoms with van der Waals surface area (Å²) in [4.78, 5) is 4.63. The maximum absolute atomic E-state index is 5.45. The zero-order valence-corrected chi connectivity index (χ0v) is 15.7. The molecule has 136 valence electrons. The molecular formula is C20H30N4O. The summed E-state index contributed by atoms with van der Waals surface area (Å²) in [6, 6.07) is 12.5. The van der Waals surface area contributed by atoms with E-state index < -0.39 is 0 Å². The van der Waals surface area contributed by atoms with Crippen molar-refractivity contribution in [1.82, 2.24) is 15.8 Å². The molecule has 0 aliphatic heterocycles. The van der Waals surface area contributed by atoms with Gasteiger partial charge in [0.05, 0.1) is 11.7 Å². The maximum Gasteiger partial charge on any atom is 0.192 e. The van der Waals surface area contributed by atoms with Crippen LogP contribution < -0.4 is 10.6 Å². The summed E-state index contributed by atoms with van der Waals surface area (Å²) < 4.78 is 5.45. The second-order valence-corrected chi connectivity index (χ2v) is 6.20. The van der Waals surface area contributed by atoms with Crippen molar-refractivity contribution in [1.29, 1.82) is 0 Å². The molecule has 2 aromatic rings. The molecule has 0 amide bonds. The number of nitrogens with zero attached hydrogens (tertiary/aromatic N) is 2. The van der Waals surface area contributed by atoms with Gasteiger partial charge in [0.2, 0.25) is 0 Å². The van der Waals surface area contributed by atoms with Gasteiger partial charge in [-0.2, -0.15) is 0 Å². The number of aliphatic imine (C=N–C) groups is 1. The highest BCUT2D eigenvalue weighted by atomic mass is 16.5. The highest BCUT2D eigenvalue weighted by molar-refractivity contribution is 5.80. The van der Waals surface area contributed by atoms with Gasteiger partial charge in [0.25, 0.3) is 0 Å². The van der Waals surface area contributed by atoms with Gasteiger partial charge in [-0.1, -0.05) is 49.3 Å². The van der Waals surface area contributed by atoms with Crippen LogP contribution in [0, 0.1) is 0 Å². The third-order valence-electron chi connectivity index (χ3n) is 4.37. The fourth-order valence-corrected chi connectivity index (χ4v) is 2.81. The van der Waals surface area contributed by atoms with Gasteiger partial charge in [0.1, 0.15) is 6.54 Å². The molecule has 1 atom stereocenters. The van der Waals surface area contributed by atoms with Gasteiger partial charge in [-0.3, -0.25) is 0 Å². The number of hydrogen-bond acceptors (Lipinski definition) is 3. The first-order valence-electron chi connectivity index (χ1n) is 9.23. The number of hydrogen-bond donors (Lipinski definition) is 2. The molecule has 5 nitrogen and oxygen atoms in total. The van der Waals surface area contributed by atoms with Crippen molar-refractivity contribution in [2.75, 3.05) is 6.54 Å². The zero-order valence-electron chi connectivity index (χ0n) is 15.7. The predicted octanol–water partition coefficient (Wildman–Crippen LogP) is 4.39. The number of aromatic nitrogens is 1. The van der Waals surface area contributed by atoms with E-state index in [1.54, 1.807) is 0 Å². The number of rotatable bonds is 8. The standard InChI is InChI=1S/C20H30N4O/c1-5-16(6-2)19-13-18(25-24-19)14-22-20(21-7-3)23-15(4)17-11-9-8-10-12-17/h8-13,15-16H,5-7,14H2,1-4H3,(H2,21,22,23). The number of nitrogens with one attached hydrogen (secondary N) is 2. The Morgan fingerprint density at radius 1 is 1.16 bits per heavy atom. The van der Waals surface area contributed by atoms with Crippen molar-refractivity contribution in [3.63, 3.8) is 0 Å². The lowest BCUT2D eigenvalue weighted by Crippen LogP contribution is -2.38. The second-order valence-electron chi connectivity index (χ2n) is 6.20. The van der Waals surface area contributed by atoms with E-state index >= 15 is 0 Å². The van der Waals surface area contributed by atoms with E-state index in [2.05, 4.69) is 60.6 Å². The van der Waals surface area contributed by atoms with Crippen molar-refractivity contribution in [3.05, 3.63) is 53.4 Å². The number of guanidine groups is 1. The fraction of sp³-hybridized carbons (Fsp3) is 0.500. The molecule has 1 aromatic heterocycles. The molecule has 0 bridgehead atoms. The largest absolute Gasteiger partial charge is 0.359 e. The molecule has 0 fully saturated rings. The van der Waals surface area contributed by atoms with Crippen LogP contribution in [0.15, 0.2) is 45.9 Å². The van der Waals surface area contributed by atoms with Gasteiger partial charge in [-0.25, -0.2) is 4.99 Å². The quantitative estimate of drug-likeness (QED) is 0.551. The Labute approximate surface area is 150 Å².